The van der Waals surface area contributed by atoms with E-state index in [1.54, 1.807) is 16.2 Å². The molecule has 0 unspecified atom stereocenters. The maximum absolute atomic E-state index is 12.4. The van der Waals surface area contributed by atoms with Gasteiger partial charge in [0.15, 0.2) is 0 Å². The Balaban J connectivity index is 1.34. The molecule has 0 N–H and O–H groups in total. The average Bonchev–Trinajstić information content (AvgIpc) is 3.48. The number of carbonyl (C=O) groups is 1. The quantitative estimate of drug-likeness (QED) is 0.495. The molecule has 2 aromatic heterocycles. The number of para-hydroxylation sites is 1. The molecule has 1 fully saturated rings. The number of thiazole rings is 1. The van der Waals surface area contributed by atoms with Gasteiger partial charge in [0.2, 0.25) is 17.6 Å². The molecule has 0 aliphatic carbocycles. The van der Waals surface area contributed by atoms with Crippen molar-refractivity contribution in [3.63, 3.8) is 0 Å². The van der Waals surface area contributed by atoms with Crippen molar-refractivity contribution in [3.05, 3.63) is 70.9 Å². The number of rotatable bonds is 4. The fourth-order valence-electron chi connectivity index (χ4n) is 3.53. The topological polar surface area (TPSA) is 72.1 Å². The summed E-state index contributed by atoms with van der Waals surface area (Å²) in [6.07, 6.45) is 0.374. The molecular formula is C22H18N4O2S. The fraction of sp³-hybridized carbons (Fsp3) is 0.182. The van der Waals surface area contributed by atoms with Crippen LogP contribution in [0.25, 0.3) is 22.6 Å². The van der Waals surface area contributed by atoms with Crippen LogP contribution in [0.15, 0.2) is 64.5 Å². The van der Waals surface area contributed by atoms with Crippen LogP contribution < -0.4 is 4.90 Å². The molecule has 5 rings (SSSR count). The standard InChI is InChI=1S/C22H18N4O2S/c1-14-23-19(13-29-14)15-7-9-16(10-8-15)21-24-22(28-25-21)17-11-20(27)26(12-17)18-5-3-2-4-6-18/h2-10,13,17H,11-12H2,1H3/t17-/m1/s1. The highest BCUT2D eigenvalue weighted by Crippen LogP contribution is 2.32. The van der Waals surface area contributed by atoms with Crippen LogP contribution >= 0.6 is 11.3 Å². The van der Waals surface area contributed by atoms with Gasteiger partial charge >= 0.3 is 0 Å². The second-order valence-electron chi connectivity index (χ2n) is 7.03. The molecule has 0 saturated carbocycles. The van der Waals surface area contributed by atoms with E-state index in [0.29, 0.717) is 24.7 Å². The van der Waals surface area contributed by atoms with Crippen molar-refractivity contribution >= 4 is 22.9 Å². The molecule has 4 aromatic rings. The van der Waals surface area contributed by atoms with E-state index >= 15 is 0 Å². The zero-order chi connectivity index (χ0) is 19.8. The van der Waals surface area contributed by atoms with Crippen LogP contribution in [0.4, 0.5) is 5.69 Å². The van der Waals surface area contributed by atoms with Crippen LogP contribution in [0.1, 0.15) is 23.2 Å². The molecule has 0 bridgehead atoms. The third kappa shape index (κ3) is 3.45. The van der Waals surface area contributed by atoms with Gasteiger partial charge < -0.3 is 9.42 Å². The summed E-state index contributed by atoms with van der Waals surface area (Å²) in [5.41, 5.74) is 3.80. The Kier molecular flexibility index (Phi) is 4.44. The number of benzene rings is 2. The number of hydrogen-bond donors (Lipinski definition) is 0. The maximum Gasteiger partial charge on any atom is 0.232 e. The largest absolute Gasteiger partial charge is 0.339 e. The molecule has 3 heterocycles. The second-order valence-corrected chi connectivity index (χ2v) is 8.09. The summed E-state index contributed by atoms with van der Waals surface area (Å²) in [5.74, 6) is 1.02. The predicted octanol–water partition coefficient (Wildman–Crippen LogP) is 4.69. The maximum atomic E-state index is 12.4. The first-order valence-electron chi connectivity index (χ1n) is 9.39. The molecule has 1 amide bonds. The highest BCUT2D eigenvalue weighted by atomic mass is 32.1. The van der Waals surface area contributed by atoms with Gasteiger partial charge in [0.25, 0.3) is 0 Å². The molecule has 1 atom stereocenters. The lowest BCUT2D eigenvalue weighted by Gasteiger charge is -2.15. The minimum atomic E-state index is -0.0961. The second kappa shape index (κ2) is 7.25. The van der Waals surface area contributed by atoms with Gasteiger partial charge in [-0.2, -0.15) is 4.98 Å². The van der Waals surface area contributed by atoms with Crippen molar-refractivity contribution in [1.29, 1.82) is 0 Å². The molecular weight excluding hydrogens is 384 g/mol. The lowest BCUT2D eigenvalue weighted by Crippen LogP contribution is -2.24. The Labute approximate surface area is 171 Å². The molecule has 29 heavy (non-hydrogen) atoms. The predicted molar refractivity (Wildman–Crippen MR) is 112 cm³/mol. The summed E-state index contributed by atoms with van der Waals surface area (Å²) in [5, 5.41) is 7.22. The summed E-state index contributed by atoms with van der Waals surface area (Å²) in [4.78, 5) is 23.3. The zero-order valence-electron chi connectivity index (χ0n) is 15.8. The first-order valence-corrected chi connectivity index (χ1v) is 10.3. The SMILES string of the molecule is Cc1nc(-c2ccc(-c3noc([C@@H]4CC(=O)N(c5ccccc5)C4)n3)cc2)cs1. The van der Waals surface area contributed by atoms with Crippen molar-refractivity contribution in [2.75, 3.05) is 11.4 Å². The molecule has 7 heteroatoms. The van der Waals surface area contributed by atoms with E-state index in [1.807, 2.05) is 66.9 Å². The molecule has 6 nitrogen and oxygen atoms in total. The molecule has 0 radical (unpaired) electrons. The van der Waals surface area contributed by atoms with Crippen molar-refractivity contribution < 1.29 is 9.32 Å². The van der Waals surface area contributed by atoms with Gasteiger partial charge in [-0.25, -0.2) is 4.98 Å². The number of aromatic nitrogens is 3. The summed E-state index contributed by atoms with van der Waals surface area (Å²) in [6.45, 7) is 2.54. The Morgan fingerprint density at radius 2 is 1.79 bits per heavy atom. The summed E-state index contributed by atoms with van der Waals surface area (Å²) in [7, 11) is 0. The van der Waals surface area contributed by atoms with Gasteiger partial charge in [0, 0.05) is 35.2 Å². The summed E-state index contributed by atoms with van der Waals surface area (Å²) in [6, 6.07) is 17.6. The van der Waals surface area contributed by atoms with Crippen molar-refractivity contribution in [1.82, 2.24) is 15.1 Å². The number of anilines is 1. The normalized spacial score (nSPS) is 16.5. The van der Waals surface area contributed by atoms with Crippen LogP contribution in [0.3, 0.4) is 0 Å². The minimum absolute atomic E-state index is 0.0730. The number of amides is 1. The number of nitrogens with zero attached hydrogens (tertiary/aromatic N) is 4. The van der Waals surface area contributed by atoms with Gasteiger partial charge in [-0.15, -0.1) is 11.3 Å². The molecule has 2 aromatic carbocycles. The smallest absolute Gasteiger partial charge is 0.232 e. The van der Waals surface area contributed by atoms with Crippen molar-refractivity contribution in [2.24, 2.45) is 0 Å². The van der Waals surface area contributed by atoms with Gasteiger partial charge in [-0.3, -0.25) is 4.79 Å². The van der Waals surface area contributed by atoms with E-state index in [-0.39, 0.29) is 11.8 Å². The molecule has 1 aliphatic heterocycles. The number of aryl methyl sites for hydroxylation is 1. The van der Waals surface area contributed by atoms with E-state index in [2.05, 4.69) is 15.1 Å². The average molecular weight is 402 g/mol. The highest BCUT2D eigenvalue weighted by molar-refractivity contribution is 7.09. The lowest BCUT2D eigenvalue weighted by atomic mass is 10.1. The van der Waals surface area contributed by atoms with Crippen LogP contribution in [0.5, 0.6) is 0 Å². The van der Waals surface area contributed by atoms with Crippen LogP contribution in [-0.2, 0) is 4.79 Å². The highest BCUT2D eigenvalue weighted by Gasteiger charge is 2.35. The molecule has 1 aliphatic rings. The lowest BCUT2D eigenvalue weighted by molar-refractivity contribution is -0.117. The van der Waals surface area contributed by atoms with Gasteiger partial charge in [0.1, 0.15) is 0 Å². The minimum Gasteiger partial charge on any atom is -0.339 e. The van der Waals surface area contributed by atoms with E-state index in [1.165, 1.54) is 0 Å². The summed E-state index contributed by atoms with van der Waals surface area (Å²) < 4.78 is 5.50. The van der Waals surface area contributed by atoms with E-state index < -0.39 is 0 Å². The van der Waals surface area contributed by atoms with Gasteiger partial charge in [-0.05, 0) is 19.1 Å². The van der Waals surface area contributed by atoms with E-state index in [4.69, 9.17) is 4.52 Å². The zero-order valence-corrected chi connectivity index (χ0v) is 16.6. The Hall–Kier alpha value is -3.32. The Morgan fingerprint density at radius 1 is 1.03 bits per heavy atom. The Bertz CT molecular complexity index is 1150. The third-order valence-corrected chi connectivity index (χ3v) is 5.82. The van der Waals surface area contributed by atoms with Gasteiger partial charge in [0.05, 0.1) is 16.6 Å². The molecule has 0 spiro atoms. The summed E-state index contributed by atoms with van der Waals surface area (Å²) >= 11 is 1.63. The monoisotopic (exact) mass is 402 g/mol. The number of hydrogen-bond acceptors (Lipinski definition) is 6. The van der Waals surface area contributed by atoms with Crippen LogP contribution in [0, 0.1) is 6.92 Å². The van der Waals surface area contributed by atoms with E-state index in [9.17, 15) is 4.79 Å². The van der Waals surface area contributed by atoms with Crippen LogP contribution in [0.2, 0.25) is 0 Å². The molecule has 1 saturated heterocycles. The van der Waals surface area contributed by atoms with Crippen molar-refractivity contribution in [2.45, 2.75) is 19.3 Å². The third-order valence-electron chi connectivity index (χ3n) is 5.04. The first-order chi connectivity index (χ1) is 14.2. The Morgan fingerprint density at radius 3 is 2.52 bits per heavy atom. The number of carbonyl (C=O) groups excluding carboxylic acids is 1. The van der Waals surface area contributed by atoms with Crippen LogP contribution in [-0.4, -0.2) is 27.6 Å². The molecule has 144 valence electrons. The van der Waals surface area contributed by atoms with Gasteiger partial charge in [-0.1, -0.05) is 47.6 Å². The fourth-order valence-corrected chi connectivity index (χ4v) is 4.16. The van der Waals surface area contributed by atoms with E-state index in [0.717, 1.165) is 27.5 Å². The first kappa shape index (κ1) is 17.8. The van der Waals surface area contributed by atoms with Crippen molar-refractivity contribution in [3.8, 4) is 22.6 Å².